The van der Waals surface area contributed by atoms with Crippen molar-refractivity contribution in [2.24, 2.45) is 0 Å². The van der Waals surface area contributed by atoms with E-state index in [0.29, 0.717) is 6.61 Å². The van der Waals surface area contributed by atoms with Gasteiger partial charge in [0.25, 0.3) is 0 Å². The summed E-state index contributed by atoms with van der Waals surface area (Å²) in [6.07, 6.45) is 0.603. The molecule has 0 radical (unpaired) electrons. The van der Waals surface area contributed by atoms with E-state index in [1.165, 1.54) is 20.8 Å². The Balaban J connectivity index is 2.90. The molecule has 1 heterocycles. The minimum atomic E-state index is -1.02. The molecule has 1 aliphatic rings. The third-order valence-electron chi connectivity index (χ3n) is 3.52. The van der Waals surface area contributed by atoms with Crippen LogP contribution in [-0.2, 0) is 38.1 Å². The van der Waals surface area contributed by atoms with Gasteiger partial charge in [0.05, 0.1) is 13.2 Å². The number of carbonyl (C=O) groups excluding carboxylic acids is 3. The molecule has 1 rings (SSSR count). The van der Waals surface area contributed by atoms with Gasteiger partial charge < -0.3 is 23.7 Å². The maximum absolute atomic E-state index is 11.5. The van der Waals surface area contributed by atoms with Crippen molar-refractivity contribution in [1.82, 2.24) is 0 Å². The molecule has 0 aromatic heterocycles. The SMILES string of the molecule is CC(=O)O[C@@H]1[C@@H](OC(C)=O)[C@@H](OCCS(C)(C)CI)OC[C@H]1OC(C)=O. The largest absolute Gasteiger partial charge is 0.456 e. The molecule has 8 nitrogen and oxygen atoms in total. The van der Waals surface area contributed by atoms with Gasteiger partial charge in [0.1, 0.15) is 0 Å². The molecule has 4 atom stereocenters. The molecular formula is C16H27IO8S. The highest BCUT2D eigenvalue weighted by atomic mass is 127. The first-order valence-corrected chi connectivity index (χ1v) is 12.4. The van der Waals surface area contributed by atoms with E-state index < -0.39 is 52.5 Å². The molecule has 0 aromatic carbocycles. The highest BCUT2D eigenvalue weighted by molar-refractivity contribution is 14.1. The predicted molar refractivity (Wildman–Crippen MR) is 106 cm³/mol. The topological polar surface area (TPSA) is 97.4 Å². The summed E-state index contributed by atoms with van der Waals surface area (Å²) < 4.78 is 28.1. The minimum absolute atomic E-state index is 0.0253. The van der Waals surface area contributed by atoms with E-state index in [-0.39, 0.29) is 6.61 Å². The predicted octanol–water partition coefficient (Wildman–Crippen LogP) is 1.61. The molecule has 0 aromatic rings. The van der Waals surface area contributed by atoms with Crippen LogP contribution in [-0.4, -0.2) is 77.7 Å². The van der Waals surface area contributed by atoms with Gasteiger partial charge in [0, 0.05) is 30.3 Å². The van der Waals surface area contributed by atoms with Crippen LogP contribution < -0.4 is 0 Å². The molecule has 1 saturated heterocycles. The van der Waals surface area contributed by atoms with E-state index >= 15 is 0 Å². The van der Waals surface area contributed by atoms with Gasteiger partial charge in [-0.15, -0.1) is 0 Å². The van der Waals surface area contributed by atoms with Crippen molar-refractivity contribution in [3.8, 4) is 0 Å². The number of hydrogen-bond donors (Lipinski definition) is 0. The lowest BCUT2D eigenvalue weighted by Crippen LogP contribution is -2.58. The summed E-state index contributed by atoms with van der Waals surface area (Å²) in [5.41, 5.74) is 0. The van der Waals surface area contributed by atoms with Crippen LogP contribution in [0.3, 0.4) is 0 Å². The number of esters is 3. The van der Waals surface area contributed by atoms with E-state index in [4.69, 9.17) is 23.7 Å². The van der Waals surface area contributed by atoms with E-state index in [2.05, 4.69) is 35.1 Å². The number of alkyl halides is 1. The van der Waals surface area contributed by atoms with Crippen molar-refractivity contribution in [3.05, 3.63) is 0 Å². The molecule has 0 N–H and O–H groups in total. The fourth-order valence-corrected chi connectivity index (χ4v) is 3.89. The summed E-state index contributed by atoms with van der Waals surface area (Å²) >= 11 is 2.35. The van der Waals surface area contributed by atoms with Gasteiger partial charge >= 0.3 is 17.9 Å². The molecule has 0 bridgehead atoms. The third-order valence-corrected chi connectivity index (χ3v) is 10.4. The number of ether oxygens (including phenoxy) is 5. The van der Waals surface area contributed by atoms with E-state index in [1.807, 2.05) is 0 Å². The normalized spacial score (nSPS) is 26.7. The van der Waals surface area contributed by atoms with Crippen LogP contribution >= 0.6 is 32.6 Å². The Labute approximate surface area is 169 Å². The second kappa shape index (κ2) is 10.7. The highest BCUT2D eigenvalue weighted by Gasteiger charge is 2.47. The smallest absolute Gasteiger partial charge is 0.303 e. The fourth-order valence-electron chi connectivity index (χ4n) is 2.30. The summed E-state index contributed by atoms with van der Waals surface area (Å²) in [4.78, 5) is 34.3. The molecule has 0 amide bonds. The van der Waals surface area contributed by atoms with E-state index in [1.54, 1.807) is 0 Å². The molecular weight excluding hydrogens is 479 g/mol. The Morgan fingerprint density at radius 3 is 2.04 bits per heavy atom. The van der Waals surface area contributed by atoms with Crippen molar-refractivity contribution >= 4 is 50.5 Å². The summed E-state index contributed by atoms with van der Waals surface area (Å²) in [7, 11) is -0.776. The second-order valence-electron chi connectivity index (χ2n) is 6.45. The number of hydrogen-bond acceptors (Lipinski definition) is 8. The Morgan fingerprint density at radius 1 is 1.00 bits per heavy atom. The minimum Gasteiger partial charge on any atom is -0.456 e. The first-order valence-electron chi connectivity index (χ1n) is 8.05. The number of carbonyl (C=O) groups is 3. The van der Waals surface area contributed by atoms with Gasteiger partial charge in [-0.1, -0.05) is 22.6 Å². The van der Waals surface area contributed by atoms with Crippen LogP contribution in [0.1, 0.15) is 20.8 Å². The van der Waals surface area contributed by atoms with Crippen LogP contribution in [0, 0.1) is 0 Å². The van der Waals surface area contributed by atoms with Crippen LogP contribution in [0.4, 0.5) is 0 Å². The molecule has 1 aliphatic heterocycles. The Bertz CT molecular complexity index is 512. The molecule has 0 aliphatic carbocycles. The van der Waals surface area contributed by atoms with Gasteiger partial charge in [-0.2, -0.15) is 0 Å². The lowest BCUT2D eigenvalue weighted by Gasteiger charge is -2.40. The third kappa shape index (κ3) is 7.97. The number of halogens is 1. The van der Waals surface area contributed by atoms with E-state index in [9.17, 15) is 14.4 Å². The van der Waals surface area contributed by atoms with E-state index in [0.717, 1.165) is 9.51 Å². The summed E-state index contributed by atoms with van der Waals surface area (Å²) in [6.45, 7) is 4.10. The van der Waals surface area contributed by atoms with Gasteiger partial charge in [-0.05, 0) is 12.5 Å². The second-order valence-corrected chi connectivity index (χ2v) is 12.5. The van der Waals surface area contributed by atoms with Gasteiger partial charge in [0.15, 0.2) is 24.6 Å². The van der Waals surface area contributed by atoms with Crippen molar-refractivity contribution in [2.75, 3.05) is 35.2 Å². The van der Waals surface area contributed by atoms with Crippen molar-refractivity contribution in [2.45, 2.75) is 45.4 Å². The Kier molecular flexibility index (Phi) is 9.62. The van der Waals surface area contributed by atoms with Gasteiger partial charge in [0.2, 0.25) is 0 Å². The summed E-state index contributed by atoms with van der Waals surface area (Å²) in [6, 6.07) is 0. The average molecular weight is 506 g/mol. The zero-order valence-electron chi connectivity index (χ0n) is 15.7. The monoisotopic (exact) mass is 506 g/mol. The Hall–Kier alpha value is -0.590. The standard InChI is InChI=1S/C16H27IO8S/c1-10(18)23-13-8-22-16(21-6-7-26(4,5)9-17)15(25-12(3)20)14(13)24-11(2)19/h13-16H,6-9H2,1-5H3/t13-,14+,15-,16+/m1/s1. The summed E-state index contributed by atoms with van der Waals surface area (Å²) in [5.74, 6) is -0.857. The molecule has 152 valence electrons. The zero-order valence-corrected chi connectivity index (χ0v) is 18.7. The van der Waals surface area contributed by atoms with Gasteiger partial charge in [-0.3, -0.25) is 14.4 Å². The lowest BCUT2D eigenvalue weighted by molar-refractivity contribution is -0.279. The maximum atomic E-state index is 11.5. The zero-order chi connectivity index (χ0) is 19.9. The molecule has 1 fully saturated rings. The highest BCUT2D eigenvalue weighted by Crippen LogP contribution is 2.41. The summed E-state index contributed by atoms with van der Waals surface area (Å²) in [5, 5.41) is 0. The molecule has 0 saturated carbocycles. The molecule has 0 unspecified atom stereocenters. The molecule has 0 spiro atoms. The first-order chi connectivity index (χ1) is 12.1. The Morgan fingerprint density at radius 2 is 1.54 bits per heavy atom. The van der Waals surface area contributed by atoms with Crippen molar-refractivity contribution in [1.29, 1.82) is 0 Å². The first kappa shape index (κ1) is 23.4. The van der Waals surface area contributed by atoms with Crippen molar-refractivity contribution < 1.29 is 38.1 Å². The van der Waals surface area contributed by atoms with Crippen LogP contribution in [0.2, 0.25) is 0 Å². The number of rotatable bonds is 8. The lowest BCUT2D eigenvalue weighted by atomic mass is 10.0. The molecule has 26 heavy (non-hydrogen) atoms. The average Bonchev–Trinajstić information content (AvgIpc) is 2.51. The van der Waals surface area contributed by atoms with Crippen LogP contribution in [0.5, 0.6) is 0 Å². The molecule has 10 heteroatoms. The van der Waals surface area contributed by atoms with Crippen molar-refractivity contribution in [3.63, 3.8) is 0 Å². The quantitative estimate of drug-likeness (QED) is 0.212. The van der Waals surface area contributed by atoms with Crippen LogP contribution in [0.25, 0.3) is 0 Å². The van der Waals surface area contributed by atoms with Gasteiger partial charge in [-0.25, -0.2) is 10.0 Å². The fraction of sp³-hybridized carbons (Fsp3) is 0.812. The van der Waals surface area contributed by atoms with Crippen LogP contribution in [0.15, 0.2) is 0 Å². The maximum Gasteiger partial charge on any atom is 0.303 e.